The number of benzene rings is 1. The summed E-state index contributed by atoms with van der Waals surface area (Å²) in [6.45, 7) is 4.84. The molecule has 2 aromatic rings. The van der Waals surface area contributed by atoms with Gasteiger partial charge in [0.2, 0.25) is 0 Å². The summed E-state index contributed by atoms with van der Waals surface area (Å²) < 4.78 is 11.1. The van der Waals surface area contributed by atoms with E-state index in [0.29, 0.717) is 25.8 Å². The van der Waals surface area contributed by atoms with Crippen LogP contribution in [0.1, 0.15) is 28.5 Å². The fraction of sp³-hybridized carbons (Fsp3) is 0.500. The second-order valence-electron chi connectivity index (χ2n) is 7.11. The van der Waals surface area contributed by atoms with Crippen molar-refractivity contribution < 1.29 is 9.47 Å². The summed E-state index contributed by atoms with van der Waals surface area (Å²) in [5.41, 5.74) is 2.29. The molecule has 2 rings (SSSR count). The lowest BCUT2D eigenvalue weighted by atomic mass is 10.1. The molecule has 1 aromatic carbocycles. The average Bonchev–Trinajstić information content (AvgIpc) is 3.23. The van der Waals surface area contributed by atoms with Crippen molar-refractivity contribution in [1.82, 2.24) is 15.5 Å². The zero-order valence-corrected chi connectivity index (χ0v) is 19.0. The van der Waals surface area contributed by atoms with E-state index in [1.54, 1.807) is 25.5 Å². The van der Waals surface area contributed by atoms with E-state index in [1.165, 1.54) is 10.4 Å². The minimum absolute atomic E-state index is 0.299. The monoisotopic (exact) mass is 418 g/mol. The van der Waals surface area contributed by atoms with E-state index in [1.807, 2.05) is 0 Å². The number of likely N-dealkylation sites (N-methyl/N-ethyl adjacent to an activating group) is 1. The van der Waals surface area contributed by atoms with Gasteiger partial charge in [0.1, 0.15) is 5.75 Å². The highest BCUT2D eigenvalue weighted by molar-refractivity contribution is 7.10. The summed E-state index contributed by atoms with van der Waals surface area (Å²) in [4.78, 5) is 7.93. The molecule has 0 bridgehead atoms. The topological polar surface area (TPSA) is 58.1 Å². The highest BCUT2D eigenvalue weighted by atomic mass is 32.1. The summed E-state index contributed by atoms with van der Waals surface area (Å²) in [5.74, 6) is 1.69. The molecular weight excluding hydrogens is 384 g/mol. The standard InChI is InChI=1S/C22H34N4O2S/c1-17-9-10-18(20(14-17)28-12-7-11-27-5)15-24-22(23-2)25-16-19(26(3)4)21-8-6-13-29-21/h6,8-10,13-14,19H,7,11-12,15-16H2,1-5H3,(H2,23,24,25). The smallest absolute Gasteiger partial charge is 0.191 e. The van der Waals surface area contributed by atoms with Gasteiger partial charge in [0.25, 0.3) is 0 Å². The van der Waals surface area contributed by atoms with E-state index in [2.05, 4.69) is 77.3 Å². The summed E-state index contributed by atoms with van der Waals surface area (Å²) in [6, 6.07) is 10.9. The van der Waals surface area contributed by atoms with Crippen LogP contribution in [-0.2, 0) is 11.3 Å². The Balaban J connectivity index is 1.93. The van der Waals surface area contributed by atoms with Gasteiger partial charge in [0, 0.05) is 50.7 Å². The summed E-state index contributed by atoms with van der Waals surface area (Å²) >= 11 is 1.78. The van der Waals surface area contributed by atoms with E-state index in [4.69, 9.17) is 9.47 Å². The number of aliphatic imine (C=N–C) groups is 1. The third-order valence-corrected chi connectivity index (χ3v) is 5.57. The zero-order valence-electron chi connectivity index (χ0n) is 18.2. The molecule has 1 aromatic heterocycles. The van der Waals surface area contributed by atoms with E-state index < -0.39 is 0 Å². The number of rotatable bonds is 11. The van der Waals surface area contributed by atoms with Gasteiger partial charge in [-0.15, -0.1) is 11.3 Å². The molecule has 0 amide bonds. The largest absolute Gasteiger partial charge is 0.493 e. The lowest BCUT2D eigenvalue weighted by Gasteiger charge is -2.24. The second-order valence-corrected chi connectivity index (χ2v) is 8.09. The summed E-state index contributed by atoms with van der Waals surface area (Å²) in [5, 5.41) is 8.97. The van der Waals surface area contributed by atoms with Crippen LogP contribution in [0.5, 0.6) is 5.75 Å². The number of hydrogen-bond donors (Lipinski definition) is 2. The van der Waals surface area contributed by atoms with Crippen LogP contribution in [0.15, 0.2) is 40.7 Å². The number of nitrogens with zero attached hydrogens (tertiary/aromatic N) is 2. The Hall–Kier alpha value is -2.09. The molecule has 2 N–H and O–H groups in total. The van der Waals surface area contributed by atoms with Gasteiger partial charge < -0.3 is 25.0 Å². The normalized spacial score (nSPS) is 12.8. The molecule has 0 saturated heterocycles. The van der Waals surface area contributed by atoms with Crippen molar-refractivity contribution in [2.24, 2.45) is 4.99 Å². The van der Waals surface area contributed by atoms with Crippen LogP contribution in [0, 0.1) is 6.92 Å². The van der Waals surface area contributed by atoms with Crippen molar-refractivity contribution in [3.63, 3.8) is 0 Å². The summed E-state index contributed by atoms with van der Waals surface area (Å²) in [6.07, 6.45) is 0.870. The van der Waals surface area contributed by atoms with Crippen molar-refractivity contribution in [3.8, 4) is 5.75 Å². The maximum atomic E-state index is 5.98. The number of nitrogens with one attached hydrogen (secondary N) is 2. The van der Waals surface area contributed by atoms with Gasteiger partial charge in [0.05, 0.1) is 12.6 Å². The number of guanidine groups is 1. The Morgan fingerprint density at radius 2 is 2.03 bits per heavy atom. The van der Waals surface area contributed by atoms with Crippen LogP contribution in [-0.4, -0.2) is 58.9 Å². The molecule has 0 fully saturated rings. The first kappa shape index (κ1) is 23.2. The molecule has 0 aliphatic carbocycles. The van der Waals surface area contributed by atoms with Crippen molar-refractivity contribution in [3.05, 3.63) is 51.7 Å². The maximum absolute atomic E-state index is 5.98. The van der Waals surface area contributed by atoms with Crippen molar-refractivity contribution >= 4 is 17.3 Å². The minimum atomic E-state index is 0.299. The Bertz CT molecular complexity index is 747. The first-order chi connectivity index (χ1) is 14.0. The highest BCUT2D eigenvalue weighted by Gasteiger charge is 2.15. The summed E-state index contributed by atoms with van der Waals surface area (Å²) in [7, 11) is 7.70. The molecule has 0 aliphatic rings. The highest BCUT2D eigenvalue weighted by Crippen LogP contribution is 2.22. The minimum Gasteiger partial charge on any atom is -0.493 e. The predicted molar refractivity (Wildman–Crippen MR) is 122 cm³/mol. The van der Waals surface area contributed by atoms with E-state index in [0.717, 1.165) is 30.2 Å². The van der Waals surface area contributed by atoms with Gasteiger partial charge in [-0.05, 0) is 44.1 Å². The molecular formula is C22H34N4O2S. The quantitative estimate of drug-likeness (QED) is 0.333. The molecule has 29 heavy (non-hydrogen) atoms. The number of thiophene rings is 1. The van der Waals surface area contributed by atoms with Gasteiger partial charge in [0.15, 0.2) is 5.96 Å². The maximum Gasteiger partial charge on any atom is 0.191 e. The Labute approximate surface area is 178 Å². The Kier molecular flexibility index (Phi) is 9.97. The molecule has 6 nitrogen and oxygen atoms in total. The molecule has 0 spiro atoms. The first-order valence-corrected chi connectivity index (χ1v) is 10.8. The van der Waals surface area contributed by atoms with Crippen LogP contribution in [0.4, 0.5) is 0 Å². The van der Waals surface area contributed by atoms with Crippen LogP contribution in [0.25, 0.3) is 0 Å². The molecule has 0 radical (unpaired) electrons. The first-order valence-electron chi connectivity index (χ1n) is 9.90. The fourth-order valence-corrected chi connectivity index (χ4v) is 3.86. The lowest BCUT2D eigenvalue weighted by Crippen LogP contribution is -2.41. The van der Waals surface area contributed by atoms with Crippen LogP contribution in [0.2, 0.25) is 0 Å². The average molecular weight is 419 g/mol. The third kappa shape index (κ3) is 7.68. The molecule has 160 valence electrons. The molecule has 1 atom stereocenters. The molecule has 0 aliphatic heterocycles. The second kappa shape index (κ2) is 12.5. The van der Waals surface area contributed by atoms with Crippen LogP contribution < -0.4 is 15.4 Å². The molecule has 1 heterocycles. The lowest BCUT2D eigenvalue weighted by molar-refractivity contribution is 0.171. The van der Waals surface area contributed by atoms with Gasteiger partial charge in [-0.25, -0.2) is 0 Å². The fourth-order valence-electron chi connectivity index (χ4n) is 2.94. The van der Waals surface area contributed by atoms with Gasteiger partial charge in [-0.2, -0.15) is 0 Å². The van der Waals surface area contributed by atoms with Gasteiger partial charge >= 0.3 is 0 Å². The number of ether oxygens (including phenoxy) is 2. The number of methoxy groups -OCH3 is 1. The van der Waals surface area contributed by atoms with Gasteiger partial charge in [-0.3, -0.25) is 4.99 Å². The van der Waals surface area contributed by atoms with Crippen molar-refractivity contribution in [1.29, 1.82) is 0 Å². The SMILES string of the molecule is CN=C(NCc1ccc(C)cc1OCCCOC)NCC(c1cccs1)N(C)C. The Morgan fingerprint density at radius 1 is 1.21 bits per heavy atom. The third-order valence-electron chi connectivity index (χ3n) is 4.60. The Morgan fingerprint density at radius 3 is 2.69 bits per heavy atom. The number of hydrogen-bond acceptors (Lipinski definition) is 5. The van der Waals surface area contributed by atoms with E-state index in [9.17, 15) is 0 Å². The van der Waals surface area contributed by atoms with Gasteiger partial charge in [-0.1, -0.05) is 18.2 Å². The van der Waals surface area contributed by atoms with Crippen molar-refractivity contribution in [2.75, 3.05) is 48.0 Å². The van der Waals surface area contributed by atoms with Crippen LogP contribution >= 0.6 is 11.3 Å². The van der Waals surface area contributed by atoms with Crippen LogP contribution in [0.3, 0.4) is 0 Å². The van der Waals surface area contributed by atoms with E-state index >= 15 is 0 Å². The predicted octanol–water partition coefficient (Wildman–Crippen LogP) is 3.44. The molecule has 1 unspecified atom stereocenters. The van der Waals surface area contributed by atoms with Crippen molar-refractivity contribution in [2.45, 2.75) is 25.9 Å². The molecule has 7 heteroatoms. The number of aryl methyl sites for hydroxylation is 1. The molecule has 0 saturated carbocycles. The zero-order chi connectivity index (χ0) is 21.1. The van der Waals surface area contributed by atoms with E-state index in [-0.39, 0.29) is 0 Å².